The lowest BCUT2D eigenvalue weighted by Crippen LogP contribution is -2.37. The SMILES string of the molecule is CN=C(NCCC(C)C)NCc1ccc(NCCOC)cc1.I. The third-order valence-corrected chi connectivity index (χ3v) is 3.29. The number of nitrogens with one attached hydrogen (secondary N) is 3. The lowest BCUT2D eigenvalue weighted by molar-refractivity contribution is 0.211. The Morgan fingerprint density at radius 2 is 1.83 bits per heavy atom. The van der Waals surface area contributed by atoms with Crippen molar-refractivity contribution < 1.29 is 4.74 Å². The van der Waals surface area contributed by atoms with Crippen molar-refractivity contribution in [3.63, 3.8) is 0 Å². The van der Waals surface area contributed by atoms with Crippen LogP contribution < -0.4 is 16.0 Å². The fourth-order valence-electron chi connectivity index (χ4n) is 1.92. The van der Waals surface area contributed by atoms with Gasteiger partial charge < -0.3 is 20.7 Å². The number of hydrogen-bond acceptors (Lipinski definition) is 3. The molecular formula is C17H31IN4O. The molecule has 0 unspecified atom stereocenters. The van der Waals surface area contributed by atoms with E-state index in [1.54, 1.807) is 14.2 Å². The summed E-state index contributed by atoms with van der Waals surface area (Å²) >= 11 is 0. The molecule has 3 N–H and O–H groups in total. The van der Waals surface area contributed by atoms with E-state index in [0.717, 1.165) is 37.7 Å². The van der Waals surface area contributed by atoms with Crippen LogP contribution >= 0.6 is 24.0 Å². The van der Waals surface area contributed by atoms with Gasteiger partial charge in [0.2, 0.25) is 0 Å². The van der Waals surface area contributed by atoms with E-state index in [1.807, 2.05) is 0 Å². The predicted molar refractivity (Wildman–Crippen MR) is 110 cm³/mol. The minimum atomic E-state index is 0. The maximum atomic E-state index is 5.02. The van der Waals surface area contributed by atoms with Crippen molar-refractivity contribution in [1.82, 2.24) is 10.6 Å². The molecule has 0 radical (unpaired) electrons. The number of anilines is 1. The van der Waals surface area contributed by atoms with E-state index in [0.29, 0.717) is 12.5 Å². The van der Waals surface area contributed by atoms with E-state index < -0.39 is 0 Å². The van der Waals surface area contributed by atoms with Crippen LogP contribution in [0.5, 0.6) is 0 Å². The number of nitrogens with zero attached hydrogens (tertiary/aromatic N) is 1. The second kappa shape index (κ2) is 13.4. The van der Waals surface area contributed by atoms with Crippen LogP contribution in [-0.4, -0.2) is 39.8 Å². The summed E-state index contributed by atoms with van der Waals surface area (Å²) in [5.41, 5.74) is 2.34. The van der Waals surface area contributed by atoms with Crippen LogP contribution in [0.25, 0.3) is 0 Å². The number of guanidine groups is 1. The monoisotopic (exact) mass is 434 g/mol. The highest BCUT2D eigenvalue weighted by molar-refractivity contribution is 14.0. The van der Waals surface area contributed by atoms with Gasteiger partial charge in [-0.15, -0.1) is 24.0 Å². The van der Waals surface area contributed by atoms with E-state index in [4.69, 9.17) is 4.74 Å². The summed E-state index contributed by atoms with van der Waals surface area (Å²) < 4.78 is 5.02. The van der Waals surface area contributed by atoms with Crippen LogP contribution in [-0.2, 0) is 11.3 Å². The van der Waals surface area contributed by atoms with Gasteiger partial charge in [-0.3, -0.25) is 4.99 Å². The Labute approximate surface area is 157 Å². The first kappa shape index (κ1) is 22.0. The molecule has 0 fully saturated rings. The topological polar surface area (TPSA) is 57.7 Å². The maximum Gasteiger partial charge on any atom is 0.191 e. The van der Waals surface area contributed by atoms with Crippen molar-refractivity contribution in [3.8, 4) is 0 Å². The summed E-state index contributed by atoms with van der Waals surface area (Å²) in [5, 5.41) is 9.96. The first-order valence-corrected chi connectivity index (χ1v) is 7.92. The van der Waals surface area contributed by atoms with E-state index in [2.05, 4.69) is 59.1 Å². The number of benzene rings is 1. The number of methoxy groups -OCH3 is 1. The van der Waals surface area contributed by atoms with Gasteiger partial charge in [0.1, 0.15) is 0 Å². The number of aliphatic imine (C=N–C) groups is 1. The second-order valence-electron chi connectivity index (χ2n) is 5.65. The van der Waals surface area contributed by atoms with Gasteiger partial charge in [0.15, 0.2) is 5.96 Å². The molecule has 6 heteroatoms. The van der Waals surface area contributed by atoms with Gasteiger partial charge in [0.25, 0.3) is 0 Å². The lowest BCUT2D eigenvalue weighted by atomic mass is 10.1. The smallest absolute Gasteiger partial charge is 0.191 e. The molecule has 1 aromatic carbocycles. The first-order valence-electron chi connectivity index (χ1n) is 7.92. The Morgan fingerprint density at radius 3 is 2.39 bits per heavy atom. The van der Waals surface area contributed by atoms with Crippen molar-refractivity contribution in [2.45, 2.75) is 26.8 Å². The normalized spacial score (nSPS) is 11.1. The van der Waals surface area contributed by atoms with Gasteiger partial charge in [-0.05, 0) is 30.0 Å². The van der Waals surface area contributed by atoms with Crippen molar-refractivity contribution >= 4 is 35.6 Å². The molecule has 0 aliphatic heterocycles. The van der Waals surface area contributed by atoms with Gasteiger partial charge in [-0.2, -0.15) is 0 Å². The number of ether oxygens (including phenoxy) is 1. The number of hydrogen-bond donors (Lipinski definition) is 3. The third kappa shape index (κ3) is 10.4. The van der Waals surface area contributed by atoms with Crippen molar-refractivity contribution in [2.24, 2.45) is 10.9 Å². The Bertz CT molecular complexity index is 435. The van der Waals surface area contributed by atoms with Crippen LogP contribution in [0.15, 0.2) is 29.3 Å². The quantitative estimate of drug-likeness (QED) is 0.242. The van der Waals surface area contributed by atoms with Gasteiger partial charge in [0.05, 0.1) is 6.61 Å². The average Bonchev–Trinajstić information content (AvgIpc) is 2.52. The van der Waals surface area contributed by atoms with Crippen molar-refractivity contribution in [1.29, 1.82) is 0 Å². The molecule has 0 spiro atoms. The Kier molecular flexibility index (Phi) is 12.8. The lowest BCUT2D eigenvalue weighted by Gasteiger charge is -2.13. The molecule has 0 aromatic heterocycles. The average molecular weight is 434 g/mol. The molecule has 0 aliphatic rings. The van der Waals surface area contributed by atoms with Gasteiger partial charge in [-0.25, -0.2) is 0 Å². The van der Waals surface area contributed by atoms with E-state index in [9.17, 15) is 0 Å². The minimum absolute atomic E-state index is 0. The summed E-state index contributed by atoms with van der Waals surface area (Å²) in [6, 6.07) is 8.40. The van der Waals surface area contributed by atoms with Crippen LogP contribution in [0.1, 0.15) is 25.8 Å². The minimum Gasteiger partial charge on any atom is -0.383 e. The summed E-state index contributed by atoms with van der Waals surface area (Å²) in [7, 11) is 3.51. The zero-order chi connectivity index (χ0) is 16.2. The van der Waals surface area contributed by atoms with Crippen molar-refractivity contribution in [3.05, 3.63) is 29.8 Å². The molecule has 0 heterocycles. The highest BCUT2D eigenvalue weighted by Crippen LogP contribution is 2.09. The molecule has 0 aliphatic carbocycles. The Hall–Kier alpha value is -1.02. The van der Waals surface area contributed by atoms with Crippen LogP contribution in [0.3, 0.4) is 0 Å². The van der Waals surface area contributed by atoms with Crippen LogP contribution in [0, 0.1) is 5.92 Å². The van der Waals surface area contributed by atoms with E-state index >= 15 is 0 Å². The number of halogens is 1. The van der Waals surface area contributed by atoms with Gasteiger partial charge in [-0.1, -0.05) is 26.0 Å². The molecule has 5 nitrogen and oxygen atoms in total. The molecule has 23 heavy (non-hydrogen) atoms. The highest BCUT2D eigenvalue weighted by atomic mass is 127. The fourth-order valence-corrected chi connectivity index (χ4v) is 1.92. The van der Waals surface area contributed by atoms with E-state index in [-0.39, 0.29) is 24.0 Å². The predicted octanol–water partition coefficient (Wildman–Crippen LogP) is 3.07. The maximum absolute atomic E-state index is 5.02. The summed E-state index contributed by atoms with van der Waals surface area (Å²) in [4.78, 5) is 4.24. The molecule has 0 amide bonds. The zero-order valence-corrected chi connectivity index (χ0v) is 17.0. The Morgan fingerprint density at radius 1 is 1.13 bits per heavy atom. The largest absolute Gasteiger partial charge is 0.383 e. The molecule has 132 valence electrons. The summed E-state index contributed by atoms with van der Waals surface area (Å²) in [6.45, 7) is 7.68. The summed E-state index contributed by atoms with van der Waals surface area (Å²) in [5.74, 6) is 1.55. The molecule has 0 atom stereocenters. The molecule has 1 aromatic rings. The second-order valence-corrected chi connectivity index (χ2v) is 5.65. The van der Waals surface area contributed by atoms with Gasteiger partial charge in [0, 0.05) is 39.5 Å². The standard InChI is InChI=1S/C17H30N4O.HI/c1-14(2)9-10-20-17(18-3)21-13-15-5-7-16(8-6-15)19-11-12-22-4;/h5-8,14,19H,9-13H2,1-4H3,(H2,18,20,21);1H. The van der Waals surface area contributed by atoms with Crippen LogP contribution in [0.4, 0.5) is 5.69 Å². The molecule has 1 rings (SSSR count). The number of rotatable bonds is 9. The molecule has 0 saturated heterocycles. The van der Waals surface area contributed by atoms with Gasteiger partial charge >= 0.3 is 0 Å². The zero-order valence-electron chi connectivity index (χ0n) is 14.7. The van der Waals surface area contributed by atoms with Crippen molar-refractivity contribution in [2.75, 3.05) is 39.2 Å². The Balaban J connectivity index is 0.00000484. The fraction of sp³-hybridized carbons (Fsp3) is 0.588. The molecule has 0 bridgehead atoms. The highest BCUT2D eigenvalue weighted by Gasteiger charge is 2.00. The molecular weight excluding hydrogens is 403 g/mol. The van der Waals surface area contributed by atoms with E-state index in [1.165, 1.54) is 5.56 Å². The molecule has 0 saturated carbocycles. The third-order valence-electron chi connectivity index (χ3n) is 3.29. The van der Waals surface area contributed by atoms with Crippen LogP contribution in [0.2, 0.25) is 0 Å². The summed E-state index contributed by atoms with van der Waals surface area (Å²) in [6.07, 6.45) is 1.14. The first-order chi connectivity index (χ1) is 10.7.